The zero-order valence-corrected chi connectivity index (χ0v) is 23.6. The molecule has 0 aliphatic rings. The van der Waals surface area contributed by atoms with E-state index in [0.29, 0.717) is 5.02 Å². The van der Waals surface area contributed by atoms with Crippen molar-refractivity contribution in [1.29, 1.82) is 0 Å². The first-order valence-electron chi connectivity index (χ1n) is 12.1. The zero-order valence-electron chi connectivity index (χ0n) is 22.0. The van der Waals surface area contributed by atoms with Gasteiger partial charge in [-0.2, -0.15) is 5.10 Å². The third-order valence-corrected chi connectivity index (χ3v) is 7.61. The number of hydrogen-bond donors (Lipinski definition) is 0. The van der Waals surface area contributed by atoms with Crippen molar-refractivity contribution in [2.24, 2.45) is 7.05 Å². The molecule has 0 spiro atoms. The Morgan fingerprint density at radius 1 is 1.08 bits per heavy atom. The molecule has 3 heterocycles. The maximum absolute atomic E-state index is 13.0. The highest BCUT2D eigenvalue weighted by molar-refractivity contribution is 7.22. The number of nitrogens with zero attached hydrogens (tertiary/aromatic N) is 4. The van der Waals surface area contributed by atoms with Crippen LogP contribution in [0.1, 0.15) is 50.6 Å². The van der Waals surface area contributed by atoms with Gasteiger partial charge < -0.3 is 4.74 Å². The van der Waals surface area contributed by atoms with Crippen molar-refractivity contribution >= 4 is 50.0 Å². The minimum Gasteiger partial charge on any atom is -0.360 e. The van der Waals surface area contributed by atoms with Crippen molar-refractivity contribution < 1.29 is 9.53 Å². The van der Waals surface area contributed by atoms with Crippen LogP contribution in [-0.4, -0.2) is 31.1 Å². The molecule has 37 heavy (non-hydrogen) atoms. The summed E-state index contributed by atoms with van der Waals surface area (Å²) >= 11 is 7.80. The van der Waals surface area contributed by atoms with Crippen molar-refractivity contribution in [1.82, 2.24) is 19.7 Å². The Morgan fingerprint density at radius 2 is 1.78 bits per heavy atom. The van der Waals surface area contributed by atoms with E-state index in [4.69, 9.17) is 26.3 Å². The molecule has 0 saturated carbocycles. The summed E-state index contributed by atoms with van der Waals surface area (Å²) in [7, 11) is 1.92. The van der Waals surface area contributed by atoms with Gasteiger partial charge in [-0.1, -0.05) is 23.7 Å². The van der Waals surface area contributed by atoms with Crippen molar-refractivity contribution in [3.63, 3.8) is 0 Å². The fourth-order valence-corrected chi connectivity index (χ4v) is 5.91. The Morgan fingerprint density at radius 3 is 2.43 bits per heavy atom. The first-order chi connectivity index (χ1) is 17.4. The molecule has 6 nitrogen and oxygen atoms in total. The predicted molar refractivity (Wildman–Crippen MR) is 151 cm³/mol. The standard InChI is InChI=1S/C29H29ClN4O2S/c1-15-14-21-27(37-28(32-21)20-12-13-22-25(31-20)16(2)33-34(22)7)24(18-8-10-19(30)11-9-18)23(15)26(17(3)35)36-29(4,5)6/h8-14,26H,1-7H3/t26-/m1/s1. The van der Waals surface area contributed by atoms with E-state index in [9.17, 15) is 4.79 Å². The van der Waals surface area contributed by atoms with E-state index in [0.717, 1.165) is 59.9 Å². The summed E-state index contributed by atoms with van der Waals surface area (Å²) in [6.45, 7) is 11.4. The second kappa shape index (κ2) is 9.31. The van der Waals surface area contributed by atoms with E-state index in [2.05, 4.69) is 5.10 Å². The van der Waals surface area contributed by atoms with Crippen molar-refractivity contribution in [2.45, 2.75) is 53.2 Å². The SMILES string of the molecule is CC(=O)[C@@H](OC(C)(C)C)c1c(C)cc2nc(-c3ccc4c(n3)c(C)nn4C)sc2c1-c1ccc(Cl)cc1. The molecule has 0 fully saturated rings. The molecule has 0 amide bonds. The van der Waals surface area contributed by atoms with Gasteiger partial charge in [0.1, 0.15) is 16.6 Å². The number of hydrogen-bond acceptors (Lipinski definition) is 6. The Bertz CT molecular complexity index is 1660. The molecule has 5 aromatic rings. The lowest BCUT2D eigenvalue weighted by molar-refractivity contribution is -0.138. The van der Waals surface area contributed by atoms with Gasteiger partial charge in [0.2, 0.25) is 0 Å². The highest BCUT2D eigenvalue weighted by Crippen LogP contribution is 2.44. The largest absolute Gasteiger partial charge is 0.360 e. The van der Waals surface area contributed by atoms with Crippen molar-refractivity contribution in [3.8, 4) is 21.8 Å². The van der Waals surface area contributed by atoms with Crippen LogP contribution >= 0.6 is 22.9 Å². The molecule has 0 radical (unpaired) electrons. The van der Waals surface area contributed by atoms with Crippen LogP contribution in [0.25, 0.3) is 43.1 Å². The lowest BCUT2D eigenvalue weighted by atomic mass is 9.90. The minimum absolute atomic E-state index is 0.0449. The smallest absolute Gasteiger partial charge is 0.163 e. The summed E-state index contributed by atoms with van der Waals surface area (Å²) in [6, 6.07) is 13.8. The van der Waals surface area contributed by atoms with E-state index < -0.39 is 11.7 Å². The number of halogens is 1. The molecule has 0 bridgehead atoms. The average molecular weight is 533 g/mol. The lowest BCUT2D eigenvalue weighted by Gasteiger charge is -2.29. The number of carbonyl (C=O) groups excluding carboxylic acids is 1. The predicted octanol–water partition coefficient (Wildman–Crippen LogP) is 7.63. The van der Waals surface area contributed by atoms with Crippen LogP contribution in [0.4, 0.5) is 0 Å². The number of pyridine rings is 1. The summed E-state index contributed by atoms with van der Waals surface area (Å²) in [5, 5.41) is 5.96. The molecular weight excluding hydrogens is 504 g/mol. The summed E-state index contributed by atoms with van der Waals surface area (Å²) in [6.07, 6.45) is -0.715. The van der Waals surface area contributed by atoms with Gasteiger partial charge in [-0.3, -0.25) is 9.48 Å². The molecule has 0 unspecified atom stereocenters. The Hall–Kier alpha value is -3.13. The van der Waals surface area contributed by atoms with Gasteiger partial charge in [-0.05, 0) is 83.0 Å². The van der Waals surface area contributed by atoms with Gasteiger partial charge in [-0.25, -0.2) is 9.97 Å². The second-order valence-electron chi connectivity index (χ2n) is 10.4. The molecule has 0 saturated heterocycles. The lowest BCUT2D eigenvalue weighted by Crippen LogP contribution is -2.27. The number of thiazole rings is 1. The van der Waals surface area contributed by atoms with Crippen LogP contribution in [0.15, 0.2) is 42.5 Å². The van der Waals surface area contributed by atoms with Crippen LogP contribution in [0.2, 0.25) is 5.02 Å². The third kappa shape index (κ3) is 4.79. The third-order valence-electron chi connectivity index (χ3n) is 6.25. The van der Waals surface area contributed by atoms with Crippen molar-refractivity contribution in [2.75, 3.05) is 0 Å². The normalized spacial score (nSPS) is 13.0. The molecule has 5 rings (SSSR count). The number of Topliss-reactive ketones (excluding diaryl/α,β-unsaturated/α-hetero) is 1. The highest BCUT2D eigenvalue weighted by atomic mass is 35.5. The molecule has 0 aliphatic heterocycles. The van der Waals surface area contributed by atoms with Crippen LogP contribution in [0.5, 0.6) is 0 Å². The van der Waals surface area contributed by atoms with Crippen molar-refractivity contribution in [3.05, 3.63) is 64.3 Å². The molecule has 0 N–H and O–H groups in total. The van der Waals surface area contributed by atoms with Gasteiger partial charge in [0.15, 0.2) is 5.78 Å². The molecule has 190 valence electrons. The average Bonchev–Trinajstić information content (AvgIpc) is 3.37. The minimum atomic E-state index is -0.715. The van der Waals surface area contributed by atoms with Crippen LogP contribution < -0.4 is 0 Å². The van der Waals surface area contributed by atoms with Crippen LogP contribution in [-0.2, 0) is 16.6 Å². The number of ether oxygens (including phenoxy) is 1. The van der Waals surface area contributed by atoms with Crippen LogP contribution in [0.3, 0.4) is 0 Å². The summed E-state index contributed by atoms with van der Waals surface area (Å²) in [5.74, 6) is -0.0449. The summed E-state index contributed by atoms with van der Waals surface area (Å²) < 4.78 is 9.16. The van der Waals surface area contributed by atoms with Crippen LogP contribution in [0, 0.1) is 13.8 Å². The first kappa shape index (κ1) is 25.5. The topological polar surface area (TPSA) is 69.9 Å². The second-order valence-corrected chi connectivity index (χ2v) is 11.8. The summed E-state index contributed by atoms with van der Waals surface area (Å²) in [5.41, 5.74) is 7.57. The summed E-state index contributed by atoms with van der Waals surface area (Å²) in [4.78, 5) is 22.8. The van der Waals surface area contributed by atoms with E-state index in [1.54, 1.807) is 18.3 Å². The number of fused-ring (bicyclic) bond motifs is 2. The highest BCUT2D eigenvalue weighted by Gasteiger charge is 2.30. The number of carbonyl (C=O) groups is 1. The molecular formula is C29H29ClN4O2S. The molecule has 1 atom stereocenters. The van der Waals surface area contributed by atoms with E-state index >= 15 is 0 Å². The maximum atomic E-state index is 13.0. The Kier molecular flexibility index (Phi) is 6.42. The van der Waals surface area contributed by atoms with E-state index in [1.165, 1.54) is 0 Å². The number of aryl methyl sites for hydroxylation is 3. The van der Waals surface area contributed by atoms with Gasteiger partial charge in [0, 0.05) is 23.2 Å². The fourth-order valence-electron chi connectivity index (χ4n) is 4.69. The number of rotatable bonds is 5. The molecule has 3 aromatic heterocycles. The maximum Gasteiger partial charge on any atom is 0.163 e. The number of benzene rings is 2. The molecule has 2 aromatic carbocycles. The fraction of sp³-hybridized carbons (Fsp3) is 0.310. The van der Waals surface area contributed by atoms with E-state index in [1.807, 2.05) is 88.8 Å². The zero-order chi connectivity index (χ0) is 26.6. The number of ketones is 1. The Labute approximate surface area is 225 Å². The van der Waals surface area contributed by atoms with Gasteiger partial charge in [0.05, 0.1) is 32.7 Å². The van der Waals surface area contributed by atoms with Gasteiger partial charge in [0.25, 0.3) is 0 Å². The quantitative estimate of drug-likeness (QED) is 0.233. The van der Waals surface area contributed by atoms with Gasteiger partial charge >= 0.3 is 0 Å². The number of aromatic nitrogens is 4. The first-order valence-corrected chi connectivity index (χ1v) is 13.3. The van der Waals surface area contributed by atoms with Gasteiger partial charge in [-0.15, -0.1) is 11.3 Å². The Balaban J connectivity index is 1.78. The molecule has 0 aliphatic carbocycles. The van der Waals surface area contributed by atoms with E-state index in [-0.39, 0.29) is 5.78 Å². The molecule has 8 heteroatoms. The monoisotopic (exact) mass is 532 g/mol.